The average molecular weight is 389 g/mol. The number of hydrogen-bond acceptors (Lipinski definition) is 7. The molecule has 146 valence electrons. The van der Waals surface area contributed by atoms with Gasteiger partial charge >= 0.3 is 6.01 Å². The lowest BCUT2D eigenvalue weighted by atomic mass is 10.2. The summed E-state index contributed by atoms with van der Waals surface area (Å²) >= 11 is 0. The highest BCUT2D eigenvalue weighted by atomic mass is 16.5. The third-order valence-electron chi connectivity index (χ3n) is 4.35. The first-order valence-electron chi connectivity index (χ1n) is 9.00. The van der Waals surface area contributed by atoms with Crippen LogP contribution in [0, 0.1) is 6.92 Å². The van der Waals surface area contributed by atoms with E-state index in [1.54, 1.807) is 14.0 Å². The van der Waals surface area contributed by atoms with Gasteiger partial charge in [-0.3, -0.25) is 10.1 Å². The fourth-order valence-electron chi connectivity index (χ4n) is 2.79. The molecule has 0 atom stereocenters. The second-order valence-corrected chi connectivity index (χ2v) is 6.34. The van der Waals surface area contributed by atoms with E-state index in [9.17, 15) is 4.79 Å². The van der Waals surface area contributed by atoms with E-state index in [0.29, 0.717) is 35.3 Å². The topological polar surface area (TPSA) is 102 Å². The number of aromatic nitrogens is 3. The highest BCUT2D eigenvalue weighted by Gasteiger charge is 2.13. The van der Waals surface area contributed by atoms with Crippen LogP contribution < -0.4 is 15.4 Å². The number of rotatable bonds is 6. The van der Waals surface area contributed by atoms with Crippen LogP contribution in [0.1, 0.15) is 21.6 Å². The minimum Gasteiger partial charge on any atom is -0.497 e. The number of fused-ring (bicyclic) bond motifs is 1. The summed E-state index contributed by atoms with van der Waals surface area (Å²) in [5.74, 6) is 0.832. The number of aryl methyl sites for hydroxylation is 1. The van der Waals surface area contributed by atoms with Gasteiger partial charge in [-0.2, -0.15) is 4.98 Å². The summed E-state index contributed by atoms with van der Waals surface area (Å²) in [6.07, 6.45) is 1.48. The van der Waals surface area contributed by atoms with Crippen LogP contribution in [-0.4, -0.2) is 28.0 Å². The predicted octanol–water partition coefficient (Wildman–Crippen LogP) is 3.61. The minimum absolute atomic E-state index is 0.244. The normalized spacial score (nSPS) is 10.7. The molecule has 0 aliphatic rings. The minimum atomic E-state index is -0.244. The molecule has 0 spiro atoms. The number of amides is 1. The third kappa shape index (κ3) is 4.16. The maximum absolute atomic E-state index is 12.5. The summed E-state index contributed by atoms with van der Waals surface area (Å²) in [7, 11) is 1.61. The second kappa shape index (κ2) is 7.97. The number of nitrogens with zero attached hydrogens (tertiary/aromatic N) is 3. The van der Waals surface area contributed by atoms with E-state index in [-0.39, 0.29) is 5.91 Å². The molecule has 2 aromatic carbocycles. The van der Waals surface area contributed by atoms with Gasteiger partial charge in [-0.15, -0.1) is 0 Å². The van der Waals surface area contributed by atoms with Crippen molar-refractivity contribution in [1.29, 1.82) is 0 Å². The van der Waals surface area contributed by atoms with Crippen molar-refractivity contribution in [2.24, 2.45) is 0 Å². The summed E-state index contributed by atoms with van der Waals surface area (Å²) < 4.78 is 10.7. The number of oxazole rings is 1. The summed E-state index contributed by atoms with van der Waals surface area (Å²) in [4.78, 5) is 25.3. The van der Waals surface area contributed by atoms with E-state index < -0.39 is 0 Å². The molecule has 0 saturated heterocycles. The van der Waals surface area contributed by atoms with Crippen molar-refractivity contribution in [3.05, 3.63) is 71.5 Å². The Morgan fingerprint density at radius 1 is 1.10 bits per heavy atom. The molecular formula is C21H19N5O3. The van der Waals surface area contributed by atoms with Gasteiger partial charge in [-0.05, 0) is 36.8 Å². The Hall–Kier alpha value is -3.94. The molecule has 8 heteroatoms. The fourth-order valence-corrected chi connectivity index (χ4v) is 2.79. The standard InChI is InChI=1S/C21H19N5O3/c1-13-16(19(27)22-11-14-7-9-15(28-2)10-8-14)12-23-20(24-13)26-21-25-17-5-3-4-6-18(17)29-21/h3-10,12H,11H2,1-2H3,(H,22,27)(H,23,24,25,26). The molecule has 0 unspecified atom stereocenters. The molecule has 0 aliphatic carbocycles. The summed E-state index contributed by atoms with van der Waals surface area (Å²) in [5, 5.41) is 5.79. The van der Waals surface area contributed by atoms with Gasteiger partial charge in [0.05, 0.1) is 18.4 Å². The monoisotopic (exact) mass is 389 g/mol. The van der Waals surface area contributed by atoms with Crippen LogP contribution in [0.2, 0.25) is 0 Å². The Morgan fingerprint density at radius 3 is 2.62 bits per heavy atom. The van der Waals surface area contributed by atoms with Gasteiger partial charge in [-0.25, -0.2) is 9.97 Å². The number of para-hydroxylation sites is 2. The van der Waals surface area contributed by atoms with Crippen molar-refractivity contribution in [3.63, 3.8) is 0 Å². The molecule has 29 heavy (non-hydrogen) atoms. The molecule has 8 nitrogen and oxygen atoms in total. The summed E-state index contributed by atoms with van der Waals surface area (Å²) in [6, 6.07) is 15.2. The molecule has 2 N–H and O–H groups in total. The lowest BCUT2D eigenvalue weighted by Crippen LogP contribution is -2.24. The molecule has 4 rings (SSSR count). The molecule has 1 amide bonds. The van der Waals surface area contributed by atoms with Gasteiger partial charge in [0.15, 0.2) is 5.58 Å². The number of hydrogen-bond donors (Lipinski definition) is 2. The maximum Gasteiger partial charge on any atom is 0.302 e. The van der Waals surface area contributed by atoms with Crippen LogP contribution >= 0.6 is 0 Å². The number of benzene rings is 2. The molecule has 0 radical (unpaired) electrons. The lowest BCUT2D eigenvalue weighted by molar-refractivity contribution is 0.0949. The lowest BCUT2D eigenvalue weighted by Gasteiger charge is -2.09. The number of carbonyl (C=O) groups is 1. The first-order valence-corrected chi connectivity index (χ1v) is 9.00. The van der Waals surface area contributed by atoms with Gasteiger partial charge in [-0.1, -0.05) is 24.3 Å². The van der Waals surface area contributed by atoms with Crippen LogP contribution in [0.5, 0.6) is 5.75 Å². The molecule has 4 aromatic rings. The van der Waals surface area contributed by atoms with Crippen molar-refractivity contribution < 1.29 is 13.9 Å². The molecule has 0 aliphatic heterocycles. The SMILES string of the molecule is COc1ccc(CNC(=O)c2cnc(Nc3nc4ccccc4o3)nc2C)cc1. The molecule has 2 heterocycles. The highest BCUT2D eigenvalue weighted by molar-refractivity contribution is 5.95. The highest BCUT2D eigenvalue weighted by Crippen LogP contribution is 2.20. The Morgan fingerprint density at radius 2 is 1.90 bits per heavy atom. The zero-order valence-corrected chi connectivity index (χ0v) is 16.0. The van der Waals surface area contributed by atoms with E-state index >= 15 is 0 Å². The Bertz CT molecular complexity index is 1120. The molecular weight excluding hydrogens is 370 g/mol. The number of nitrogens with one attached hydrogen (secondary N) is 2. The second-order valence-electron chi connectivity index (χ2n) is 6.34. The van der Waals surface area contributed by atoms with Crippen LogP contribution in [0.3, 0.4) is 0 Å². The van der Waals surface area contributed by atoms with Crippen LogP contribution in [-0.2, 0) is 6.54 Å². The smallest absolute Gasteiger partial charge is 0.302 e. The van der Waals surface area contributed by atoms with Crippen molar-refractivity contribution in [2.75, 3.05) is 12.4 Å². The van der Waals surface area contributed by atoms with E-state index in [4.69, 9.17) is 9.15 Å². The van der Waals surface area contributed by atoms with Gasteiger partial charge in [0.25, 0.3) is 5.91 Å². The van der Waals surface area contributed by atoms with Crippen LogP contribution in [0.25, 0.3) is 11.1 Å². The number of ether oxygens (including phenoxy) is 1. The van der Waals surface area contributed by atoms with E-state index in [1.807, 2.05) is 48.5 Å². The van der Waals surface area contributed by atoms with Crippen molar-refractivity contribution in [2.45, 2.75) is 13.5 Å². The zero-order chi connectivity index (χ0) is 20.2. The van der Waals surface area contributed by atoms with Crippen LogP contribution in [0.15, 0.2) is 59.1 Å². The summed E-state index contributed by atoms with van der Waals surface area (Å²) in [6.45, 7) is 2.15. The van der Waals surface area contributed by atoms with Crippen molar-refractivity contribution in [1.82, 2.24) is 20.3 Å². The zero-order valence-electron chi connectivity index (χ0n) is 16.0. The Labute approximate surface area is 167 Å². The molecule has 0 fully saturated rings. The number of methoxy groups -OCH3 is 1. The maximum atomic E-state index is 12.5. The molecule has 0 saturated carbocycles. The van der Waals surface area contributed by atoms with Gasteiger partial charge in [0.2, 0.25) is 5.95 Å². The number of anilines is 2. The van der Waals surface area contributed by atoms with E-state index in [2.05, 4.69) is 25.6 Å². The summed E-state index contributed by atoms with van der Waals surface area (Å²) in [5.41, 5.74) is 3.32. The van der Waals surface area contributed by atoms with Crippen molar-refractivity contribution in [3.8, 4) is 5.75 Å². The Balaban J connectivity index is 1.42. The quantitative estimate of drug-likeness (QED) is 0.519. The van der Waals surface area contributed by atoms with E-state index in [0.717, 1.165) is 16.8 Å². The van der Waals surface area contributed by atoms with Gasteiger partial charge < -0.3 is 14.5 Å². The van der Waals surface area contributed by atoms with Gasteiger partial charge in [0, 0.05) is 12.7 Å². The molecule has 0 bridgehead atoms. The Kier molecular flexibility index (Phi) is 5.07. The number of carbonyl (C=O) groups excluding carboxylic acids is 1. The third-order valence-corrected chi connectivity index (χ3v) is 4.35. The molecule has 2 aromatic heterocycles. The average Bonchev–Trinajstić information content (AvgIpc) is 3.14. The first-order chi connectivity index (χ1) is 14.1. The largest absolute Gasteiger partial charge is 0.497 e. The van der Waals surface area contributed by atoms with Crippen molar-refractivity contribution >= 4 is 29.0 Å². The van der Waals surface area contributed by atoms with Crippen LogP contribution in [0.4, 0.5) is 12.0 Å². The predicted molar refractivity (Wildman–Crippen MR) is 108 cm³/mol. The fraction of sp³-hybridized carbons (Fsp3) is 0.143. The van der Waals surface area contributed by atoms with Gasteiger partial charge in [0.1, 0.15) is 11.3 Å². The first kappa shape index (κ1) is 18.4. The van der Waals surface area contributed by atoms with E-state index in [1.165, 1.54) is 6.20 Å².